The highest BCUT2D eigenvalue weighted by Gasteiger charge is 2.63. The molecule has 0 aromatic rings. The lowest BCUT2D eigenvalue weighted by Crippen LogP contribution is -2.55. The molecule has 9 atom stereocenters. The number of allylic oxidation sites excluding steroid dienone is 3. The quantitative estimate of drug-likeness (QED) is 0.477. The third kappa shape index (κ3) is 3.59. The van der Waals surface area contributed by atoms with Crippen LogP contribution in [0.15, 0.2) is 23.3 Å². The Morgan fingerprint density at radius 3 is 2.52 bits per heavy atom. The lowest BCUT2D eigenvalue weighted by molar-refractivity contribution is -0.0960. The smallest absolute Gasteiger partial charge is 0.0628 e. The second-order valence-electron chi connectivity index (χ2n) is 13.1. The zero-order valence-electron chi connectivity index (χ0n) is 21.2. The fourth-order valence-corrected chi connectivity index (χ4v) is 9.22. The van der Waals surface area contributed by atoms with Crippen molar-refractivity contribution in [1.29, 1.82) is 0 Å². The first-order valence-corrected chi connectivity index (χ1v) is 13.1. The van der Waals surface area contributed by atoms with Gasteiger partial charge < -0.3 is 10.2 Å². The predicted octanol–water partition coefficient (Wildman–Crippen LogP) is 6.92. The van der Waals surface area contributed by atoms with Gasteiger partial charge in [-0.15, -0.1) is 0 Å². The first-order valence-electron chi connectivity index (χ1n) is 13.1. The van der Waals surface area contributed by atoms with E-state index in [1.165, 1.54) is 36.8 Å². The molecule has 3 saturated carbocycles. The van der Waals surface area contributed by atoms with Crippen molar-refractivity contribution in [2.45, 2.75) is 112 Å². The zero-order chi connectivity index (χ0) is 22.8. The Morgan fingerprint density at radius 1 is 1.13 bits per heavy atom. The van der Waals surface area contributed by atoms with E-state index in [0.717, 1.165) is 25.7 Å². The molecule has 0 amide bonds. The topological polar surface area (TPSA) is 40.5 Å². The molecule has 0 radical (unpaired) electrons. The van der Waals surface area contributed by atoms with Gasteiger partial charge in [0.25, 0.3) is 0 Å². The van der Waals surface area contributed by atoms with Gasteiger partial charge in [0.1, 0.15) is 0 Å². The summed E-state index contributed by atoms with van der Waals surface area (Å²) in [4.78, 5) is 0. The van der Waals surface area contributed by atoms with Gasteiger partial charge >= 0.3 is 0 Å². The van der Waals surface area contributed by atoms with Crippen LogP contribution in [-0.4, -0.2) is 22.4 Å². The van der Waals surface area contributed by atoms with Gasteiger partial charge in [0.05, 0.1) is 12.2 Å². The van der Waals surface area contributed by atoms with E-state index in [4.69, 9.17) is 0 Å². The Labute approximate surface area is 191 Å². The second kappa shape index (κ2) is 8.01. The summed E-state index contributed by atoms with van der Waals surface area (Å²) in [6, 6.07) is 0. The third-order valence-electron chi connectivity index (χ3n) is 10.8. The van der Waals surface area contributed by atoms with Crippen molar-refractivity contribution in [1.82, 2.24) is 0 Å². The van der Waals surface area contributed by atoms with Crippen molar-refractivity contribution < 1.29 is 10.2 Å². The van der Waals surface area contributed by atoms with Gasteiger partial charge in [0.15, 0.2) is 0 Å². The van der Waals surface area contributed by atoms with E-state index in [1.54, 1.807) is 0 Å². The highest BCUT2D eigenvalue weighted by molar-refractivity contribution is 5.31. The van der Waals surface area contributed by atoms with Crippen molar-refractivity contribution in [3.05, 3.63) is 23.3 Å². The van der Waals surface area contributed by atoms with Crippen molar-refractivity contribution in [3.8, 4) is 0 Å². The van der Waals surface area contributed by atoms with E-state index in [-0.39, 0.29) is 28.5 Å². The van der Waals surface area contributed by atoms with Crippen LogP contribution in [0.2, 0.25) is 0 Å². The van der Waals surface area contributed by atoms with Gasteiger partial charge in [-0.2, -0.15) is 0 Å². The number of rotatable bonds is 4. The normalized spacial score (nSPS) is 46.9. The summed E-state index contributed by atoms with van der Waals surface area (Å²) in [7, 11) is 0. The molecular weight excluding hydrogens is 380 g/mol. The van der Waals surface area contributed by atoms with Gasteiger partial charge in [0.2, 0.25) is 0 Å². The van der Waals surface area contributed by atoms with Gasteiger partial charge in [-0.1, -0.05) is 57.9 Å². The minimum absolute atomic E-state index is 0.116. The predicted molar refractivity (Wildman–Crippen MR) is 130 cm³/mol. The molecule has 0 bridgehead atoms. The van der Waals surface area contributed by atoms with E-state index in [0.29, 0.717) is 29.6 Å². The molecule has 2 N–H and O–H groups in total. The molecule has 0 spiro atoms. The average molecular weight is 429 g/mol. The molecule has 2 heteroatoms. The van der Waals surface area contributed by atoms with Gasteiger partial charge in [-0.3, -0.25) is 0 Å². The van der Waals surface area contributed by atoms with Crippen molar-refractivity contribution in [2.24, 2.45) is 45.8 Å². The van der Waals surface area contributed by atoms with Crippen molar-refractivity contribution in [3.63, 3.8) is 0 Å². The molecule has 0 aromatic carbocycles. The van der Waals surface area contributed by atoms with Crippen LogP contribution in [0.25, 0.3) is 0 Å². The van der Waals surface area contributed by atoms with Crippen LogP contribution in [0.1, 0.15) is 99.8 Å². The summed E-state index contributed by atoms with van der Waals surface area (Å²) in [5.41, 5.74) is 3.29. The van der Waals surface area contributed by atoms with Gasteiger partial charge in [-0.25, -0.2) is 0 Å². The van der Waals surface area contributed by atoms with Crippen LogP contribution in [0, 0.1) is 45.8 Å². The van der Waals surface area contributed by atoms with Crippen LogP contribution in [0.4, 0.5) is 0 Å². The van der Waals surface area contributed by atoms with Gasteiger partial charge in [0, 0.05) is 5.41 Å². The Kier molecular flexibility index (Phi) is 6.09. The molecular formula is C29H48O2. The van der Waals surface area contributed by atoms with Crippen LogP contribution in [0.3, 0.4) is 0 Å². The lowest BCUT2D eigenvalue weighted by atomic mass is 9.44. The molecule has 176 valence electrons. The molecule has 0 saturated heterocycles. The number of fused-ring (bicyclic) bond motifs is 5. The minimum atomic E-state index is -0.222. The number of hydrogen-bond acceptors (Lipinski definition) is 2. The maximum atomic E-state index is 11.4. The summed E-state index contributed by atoms with van der Waals surface area (Å²) in [5, 5.41) is 22.1. The number of aliphatic hydroxyl groups is 2. The van der Waals surface area contributed by atoms with Crippen LogP contribution >= 0.6 is 0 Å². The molecule has 4 aliphatic rings. The molecule has 4 rings (SSSR count). The lowest BCUT2D eigenvalue weighted by Gasteiger charge is -2.61. The number of aliphatic hydroxyl groups excluding tert-OH is 2. The highest BCUT2D eigenvalue weighted by Crippen LogP contribution is 2.68. The first kappa shape index (κ1) is 23.6. The first-order chi connectivity index (χ1) is 14.4. The average Bonchev–Trinajstić information content (AvgIpc) is 2.96. The maximum Gasteiger partial charge on any atom is 0.0628 e. The molecule has 31 heavy (non-hydrogen) atoms. The highest BCUT2D eigenvalue weighted by atomic mass is 16.3. The monoisotopic (exact) mass is 428 g/mol. The van der Waals surface area contributed by atoms with Crippen molar-refractivity contribution in [2.75, 3.05) is 0 Å². The van der Waals surface area contributed by atoms with Crippen LogP contribution in [-0.2, 0) is 0 Å². The molecule has 0 aromatic heterocycles. The van der Waals surface area contributed by atoms with E-state index in [2.05, 4.69) is 60.6 Å². The second-order valence-corrected chi connectivity index (χ2v) is 13.1. The summed E-state index contributed by atoms with van der Waals surface area (Å²) < 4.78 is 0. The fraction of sp³-hybridized carbons (Fsp3) is 0.862. The van der Waals surface area contributed by atoms with Crippen LogP contribution in [0.5, 0.6) is 0 Å². The molecule has 4 aliphatic carbocycles. The third-order valence-corrected chi connectivity index (χ3v) is 10.8. The zero-order valence-corrected chi connectivity index (χ0v) is 21.2. The maximum absolute atomic E-state index is 11.4. The summed E-state index contributed by atoms with van der Waals surface area (Å²) >= 11 is 0. The van der Waals surface area contributed by atoms with E-state index in [9.17, 15) is 10.2 Å². The fourth-order valence-electron chi connectivity index (χ4n) is 9.22. The SMILES string of the molecule is CC(C)=CCC[C@@H](C)[C@H]1C[C@@H](O)[C@H]2[C@@H]3CC=C4C(C)(C)[C@@H](O)CC[C@]4(C)[C@H]3CC[C@@]21C. The van der Waals surface area contributed by atoms with Crippen LogP contribution < -0.4 is 0 Å². The Hall–Kier alpha value is -0.600. The Balaban J connectivity index is 1.60. The minimum Gasteiger partial charge on any atom is -0.393 e. The molecule has 0 aliphatic heterocycles. The molecule has 3 fully saturated rings. The Morgan fingerprint density at radius 2 is 1.84 bits per heavy atom. The Bertz CT molecular complexity index is 744. The largest absolute Gasteiger partial charge is 0.393 e. The van der Waals surface area contributed by atoms with E-state index in [1.807, 2.05) is 0 Å². The molecule has 0 heterocycles. The standard InChI is InChI=1S/C29H48O2/c1-18(2)9-8-10-19(3)22-17-23(30)26-20-11-12-24-27(4,5)25(31)14-16-28(24,6)21(20)13-15-29(22,26)7/h9,12,19-23,25-26,30-31H,8,10-11,13-17H2,1-7H3/t19-,20-,21+,22-,23-,25+,26-,28-,29-/m1/s1. The van der Waals surface area contributed by atoms with Gasteiger partial charge in [-0.05, 0) is 106 Å². The summed E-state index contributed by atoms with van der Waals surface area (Å²) in [6.07, 6.45) is 13.6. The molecule has 0 unspecified atom stereocenters. The van der Waals surface area contributed by atoms with E-state index >= 15 is 0 Å². The van der Waals surface area contributed by atoms with Crippen molar-refractivity contribution >= 4 is 0 Å². The number of hydrogen-bond donors (Lipinski definition) is 2. The van der Waals surface area contributed by atoms with E-state index < -0.39 is 0 Å². The molecule has 2 nitrogen and oxygen atoms in total. The summed E-state index contributed by atoms with van der Waals surface area (Å²) in [6.45, 7) is 16.4. The summed E-state index contributed by atoms with van der Waals surface area (Å²) in [5.74, 6) is 3.01.